The summed E-state index contributed by atoms with van der Waals surface area (Å²) in [4.78, 5) is 36.9. The van der Waals surface area contributed by atoms with E-state index in [0.717, 1.165) is 0 Å². The van der Waals surface area contributed by atoms with E-state index in [9.17, 15) is 14.4 Å². The van der Waals surface area contributed by atoms with Crippen LogP contribution in [0.4, 0.5) is 0 Å². The van der Waals surface area contributed by atoms with Gasteiger partial charge in [0.05, 0.1) is 0 Å². The van der Waals surface area contributed by atoms with Crippen LogP contribution < -0.4 is 11.1 Å². The third-order valence-corrected chi connectivity index (χ3v) is 3.81. The van der Waals surface area contributed by atoms with Crippen LogP contribution in [0.25, 0.3) is 0 Å². The fraction of sp³-hybridized carbons (Fsp3) is 0.706. The van der Waals surface area contributed by atoms with Crippen molar-refractivity contribution in [3.05, 3.63) is 12.2 Å². The lowest BCUT2D eigenvalue weighted by molar-refractivity contribution is -0.156. The summed E-state index contributed by atoms with van der Waals surface area (Å²) in [6, 6.07) is -0.813. The van der Waals surface area contributed by atoms with Crippen LogP contribution in [0.1, 0.15) is 40.0 Å². The van der Waals surface area contributed by atoms with Crippen molar-refractivity contribution in [3.63, 3.8) is 0 Å². The first kappa shape index (κ1) is 19.4. The molecule has 3 atom stereocenters. The first-order chi connectivity index (χ1) is 11.7. The number of carbonyl (C=O) groups is 3. The van der Waals surface area contributed by atoms with Crippen molar-refractivity contribution in [2.24, 2.45) is 5.73 Å². The molecule has 0 aromatic carbocycles. The van der Waals surface area contributed by atoms with Crippen molar-refractivity contribution in [3.8, 4) is 0 Å². The number of ether oxygens (including phenoxy) is 2. The monoisotopic (exact) mass is 353 g/mol. The first-order valence-corrected chi connectivity index (χ1v) is 8.57. The lowest BCUT2D eigenvalue weighted by atomic mass is 10.1. The summed E-state index contributed by atoms with van der Waals surface area (Å²) in [5.41, 5.74) is 5.15. The number of carbonyl (C=O) groups excluding carboxylic acids is 3. The number of rotatable bonds is 8. The molecule has 140 valence electrons. The Labute approximate surface area is 147 Å². The van der Waals surface area contributed by atoms with Gasteiger partial charge in [-0.3, -0.25) is 14.4 Å². The maximum Gasteiger partial charge on any atom is 0.323 e. The predicted molar refractivity (Wildman–Crippen MR) is 90.2 cm³/mol. The molecule has 2 aliphatic heterocycles. The number of esters is 1. The topological polar surface area (TPSA) is 114 Å². The summed E-state index contributed by atoms with van der Waals surface area (Å²) in [7, 11) is 0. The van der Waals surface area contributed by atoms with Crippen LogP contribution in [0.15, 0.2) is 12.2 Å². The molecule has 2 aliphatic rings. The molecule has 2 heterocycles. The number of amides is 2. The van der Waals surface area contributed by atoms with Gasteiger partial charge in [-0.15, -0.1) is 0 Å². The van der Waals surface area contributed by atoms with Gasteiger partial charge in [0.15, 0.2) is 6.23 Å². The van der Waals surface area contributed by atoms with E-state index in [2.05, 4.69) is 5.32 Å². The van der Waals surface area contributed by atoms with Gasteiger partial charge in [0.2, 0.25) is 11.8 Å². The van der Waals surface area contributed by atoms with E-state index >= 15 is 0 Å². The SMILES string of the molecule is CC(C)(C)OC(=O)[C@@H](N)CCC(=O)NCCCN1C(=O)C=CC2OC21. The van der Waals surface area contributed by atoms with Crippen molar-refractivity contribution in [2.45, 2.75) is 64.0 Å². The minimum Gasteiger partial charge on any atom is -0.459 e. The molecule has 0 bridgehead atoms. The molecule has 2 rings (SSSR count). The van der Waals surface area contributed by atoms with Crippen LogP contribution in [0, 0.1) is 0 Å². The van der Waals surface area contributed by atoms with Crippen molar-refractivity contribution < 1.29 is 23.9 Å². The minimum atomic E-state index is -0.813. The average molecular weight is 353 g/mol. The lowest BCUT2D eigenvalue weighted by Crippen LogP contribution is -2.39. The van der Waals surface area contributed by atoms with Gasteiger partial charge in [-0.1, -0.05) is 0 Å². The van der Waals surface area contributed by atoms with Crippen LogP contribution in [0.2, 0.25) is 0 Å². The molecular formula is C17H27N3O5. The molecule has 8 heteroatoms. The van der Waals surface area contributed by atoms with Gasteiger partial charge >= 0.3 is 5.97 Å². The smallest absolute Gasteiger partial charge is 0.323 e. The molecular weight excluding hydrogens is 326 g/mol. The number of hydrogen-bond donors (Lipinski definition) is 2. The van der Waals surface area contributed by atoms with E-state index in [1.807, 2.05) is 0 Å². The molecule has 25 heavy (non-hydrogen) atoms. The van der Waals surface area contributed by atoms with E-state index < -0.39 is 17.6 Å². The van der Waals surface area contributed by atoms with Crippen molar-refractivity contribution >= 4 is 17.8 Å². The van der Waals surface area contributed by atoms with E-state index in [1.54, 1.807) is 31.7 Å². The summed E-state index contributed by atoms with van der Waals surface area (Å²) >= 11 is 0. The Bertz CT molecular complexity index is 555. The molecule has 0 spiro atoms. The van der Waals surface area contributed by atoms with Gasteiger partial charge in [-0.2, -0.15) is 0 Å². The van der Waals surface area contributed by atoms with Crippen LogP contribution in [-0.4, -0.2) is 59.7 Å². The Morgan fingerprint density at radius 2 is 2.16 bits per heavy atom. The number of nitrogens with two attached hydrogens (primary N) is 1. The number of nitrogens with zero attached hydrogens (tertiary/aromatic N) is 1. The second-order valence-corrected chi connectivity index (χ2v) is 7.26. The second-order valence-electron chi connectivity index (χ2n) is 7.26. The van der Waals surface area contributed by atoms with Crippen molar-refractivity contribution in [1.82, 2.24) is 10.2 Å². The van der Waals surface area contributed by atoms with Crippen LogP contribution in [-0.2, 0) is 23.9 Å². The summed E-state index contributed by atoms with van der Waals surface area (Å²) < 4.78 is 10.5. The van der Waals surface area contributed by atoms with Crippen LogP contribution in [0.5, 0.6) is 0 Å². The number of nitrogens with one attached hydrogen (secondary N) is 1. The number of fused-ring (bicyclic) bond motifs is 1. The zero-order valence-corrected chi connectivity index (χ0v) is 15.0. The fourth-order valence-corrected chi connectivity index (χ4v) is 2.49. The van der Waals surface area contributed by atoms with Gasteiger partial charge in [-0.05, 0) is 39.7 Å². The van der Waals surface area contributed by atoms with Gasteiger partial charge < -0.3 is 25.4 Å². The third kappa shape index (κ3) is 6.13. The minimum absolute atomic E-state index is 0.0293. The molecule has 0 radical (unpaired) electrons. The predicted octanol–water partition coefficient (Wildman–Crippen LogP) is 0.0652. The van der Waals surface area contributed by atoms with E-state index in [4.69, 9.17) is 15.2 Å². The molecule has 0 aliphatic carbocycles. The first-order valence-electron chi connectivity index (χ1n) is 8.57. The average Bonchev–Trinajstić information content (AvgIpc) is 3.28. The highest BCUT2D eigenvalue weighted by Crippen LogP contribution is 2.30. The zero-order chi connectivity index (χ0) is 18.6. The molecule has 0 saturated carbocycles. The summed E-state index contributed by atoms with van der Waals surface area (Å²) in [6.07, 6.45) is 4.19. The molecule has 1 fully saturated rings. The Hall–Kier alpha value is -1.93. The Morgan fingerprint density at radius 1 is 1.44 bits per heavy atom. The Kier molecular flexibility index (Phi) is 6.18. The second kappa shape index (κ2) is 7.97. The van der Waals surface area contributed by atoms with Crippen molar-refractivity contribution in [2.75, 3.05) is 13.1 Å². The van der Waals surface area contributed by atoms with E-state index in [-0.39, 0.29) is 37.0 Å². The summed E-state index contributed by atoms with van der Waals surface area (Å²) in [5, 5.41) is 2.76. The molecule has 2 unspecified atom stereocenters. The quantitative estimate of drug-likeness (QED) is 0.362. The van der Waals surface area contributed by atoms with Gasteiger partial charge in [0.25, 0.3) is 0 Å². The summed E-state index contributed by atoms with van der Waals surface area (Å²) in [5.74, 6) is -0.742. The highest BCUT2D eigenvalue weighted by molar-refractivity contribution is 5.89. The molecule has 0 aromatic rings. The molecule has 3 N–H and O–H groups in total. The van der Waals surface area contributed by atoms with Crippen molar-refractivity contribution in [1.29, 1.82) is 0 Å². The van der Waals surface area contributed by atoms with Gasteiger partial charge in [0.1, 0.15) is 17.7 Å². The lowest BCUT2D eigenvalue weighted by Gasteiger charge is -2.22. The van der Waals surface area contributed by atoms with E-state index in [1.165, 1.54) is 6.08 Å². The fourth-order valence-electron chi connectivity index (χ4n) is 2.49. The maximum absolute atomic E-state index is 11.8. The third-order valence-electron chi connectivity index (χ3n) is 3.81. The van der Waals surface area contributed by atoms with Crippen LogP contribution >= 0.6 is 0 Å². The zero-order valence-electron chi connectivity index (χ0n) is 15.0. The standard InChI is InChI=1S/C17H27N3O5/c1-17(2,3)25-16(23)11(18)5-7-13(21)19-9-4-10-20-14(22)8-6-12-15(20)24-12/h6,8,11-12,15H,4-5,7,9-10,18H2,1-3H3,(H,19,21)/t11-,12?,15?/m0/s1. The van der Waals surface area contributed by atoms with Gasteiger partial charge in [0, 0.05) is 25.6 Å². The number of epoxide rings is 1. The maximum atomic E-state index is 11.8. The molecule has 2 amide bonds. The number of hydrogen-bond acceptors (Lipinski definition) is 6. The Balaban J connectivity index is 1.57. The highest BCUT2D eigenvalue weighted by Gasteiger charge is 2.46. The largest absolute Gasteiger partial charge is 0.459 e. The highest BCUT2D eigenvalue weighted by atomic mass is 16.6. The molecule has 1 saturated heterocycles. The normalized spacial score (nSPS) is 23.0. The van der Waals surface area contributed by atoms with Crippen LogP contribution in [0.3, 0.4) is 0 Å². The Morgan fingerprint density at radius 3 is 2.84 bits per heavy atom. The van der Waals surface area contributed by atoms with Gasteiger partial charge in [-0.25, -0.2) is 0 Å². The molecule has 0 aromatic heterocycles. The van der Waals surface area contributed by atoms with E-state index in [0.29, 0.717) is 19.5 Å². The summed E-state index contributed by atoms with van der Waals surface area (Å²) in [6.45, 7) is 6.28. The molecule has 8 nitrogen and oxygen atoms in total.